The molecule has 0 spiro atoms. The highest BCUT2D eigenvalue weighted by atomic mass is 19.1. The molecule has 1 amide bonds. The van der Waals surface area contributed by atoms with E-state index < -0.39 is 0 Å². The minimum Gasteiger partial charge on any atom is -0.326 e. The first-order chi connectivity index (χ1) is 8.63. The number of halogens is 1. The summed E-state index contributed by atoms with van der Waals surface area (Å²) in [4.78, 5) is 12.2. The Morgan fingerprint density at radius 3 is 2.78 bits per heavy atom. The second-order valence-electron chi connectivity index (χ2n) is 5.73. The smallest absolute Gasteiger partial charge is 0.227 e. The van der Waals surface area contributed by atoms with E-state index in [1.54, 1.807) is 19.1 Å². The van der Waals surface area contributed by atoms with Crippen LogP contribution in [0.5, 0.6) is 0 Å². The van der Waals surface area contributed by atoms with Crippen molar-refractivity contribution in [3.8, 4) is 0 Å². The molecule has 3 atom stereocenters. The second-order valence-corrected chi connectivity index (χ2v) is 5.73. The van der Waals surface area contributed by atoms with Crippen LogP contribution < -0.4 is 5.32 Å². The van der Waals surface area contributed by atoms with Crippen molar-refractivity contribution in [3.63, 3.8) is 0 Å². The number of carbonyl (C=O) groups excluding carboxylic acids is 1. The third kappa shape index (κ3) is 2.02. The zero-order valence-electron chi connectivity index (χ0n) is 10.6. The van der Waals surface area contributed by atoms with E-state index >= 15 is 0 Å². The molecule has 2 aliphatic rings. The molecular formula is C15H18FNO. The molecule has 2 saturated carbocycles. The number of anilines is 1. The Morgan fingerprint density at radius 2 is 2.17 bits per heavy atom. The molecule has 0 radical (unpaired) electrons. The molecule has 1 aromatic rings. The number of fused-ring (bicyclic) bond motifs is 2. The van der Waals surface area contributed by atoms with Crippen molar-refractivity contribution in [2.75, 3.05) is 5.32 Å². The summed E-state index contributed by atoms with van der Waals surface area (Å²) in [5.41, 5.74) is 1.18. The van der Waals surface area contributed by atoms with E-state index in [1.165, 1.54) is 25.3 Å². The summed E-state index contributed by atoms with van der Waals surface area (Å²) in [6, 6.07) is 4.87. The van der Waals surface area contributed by atoms with Crippen molar-refractivity contribution in [3.05, 3.63) is 29.6 Å². The maximum atomic E-state index is 13.4. The van der Waals surface area contributed by atoms with Crippen molar-refractivity contribution in [2.45, 2.75) is 32.6 Å². The van der Waals surface area contributed by atoms with Gasteiger partial charge in [-0.1, -0.05) is 12.5 Å². The first kappa shape index (κ1) is 11.7. The third-order valence-corrected chi connectivity index (χ3v) is 4.51. The molecule has 2 aliphatic carbocycles. The van der Waals surface area contributed by atoms with Crippen LogP contribution in [0.25, 0.3) is 0 Å². The first-order valence-corrected chi connectivity index (χ1v) is 6.70. The van der Waals surface area contributed by atoms with E-state index in [-0.39, 0.29) is 17.6 Å². The Labute approximate surface area is 107 Å². The van der Waals surface area contributed by atoms with Gasteiger partial charge in [-0.2, -0.15) is 0 Å². The monoisotopic (exact) mass is 247 g/mol. The summed E-state index contributed by atoms with van der Waals surface area (Å²) >= 11 is 0. The molecule has 0 aliphatic heterocycles. The lowest BCUT2D eigenvalue weighted by Gasteiger charge is -2.20. The lowest BCUT2D eigenvalue weighted by molar-refractivity contribution is -0.121. The Balaban J connectivity index is 1.69. The van der Waals surface area contributed by atoms with E-state index in [2.05, 4.69) is 5.32 Å². The van der Waals surface area contributed by atoms with E-state index in [0.29, 0.717) is 17.2 Å². The van der Waals surface area contributed by atoms with E-state index in [9.17, 15) is 9.18 Å². The number of hydrogen-bond acceptors (Lipinski definition) is 1. The van der Waals surface area contributed by atoms with Crippen LogP contribution in [0.3, 0.4) is 0 Å². The zero-order chi connectivity index (χ0) is 12.7. The second kappa shape index (κ2) is 4.38. The predicted octanol–water partition coefficient (Wildman–Crippen LogP) is 3.51. The van der Waals surface area contributed by atoms with Gasteiger partial charge in [0.15, 0.2) is 0 Å². The Hall–Kier alpha value is -1.38. The van der Waals surface area contributed by atoms with Crippen LogP contribution in [0.15, 0.2) is 18.2 Å². The summed E-state index contributed by atoms with van der Waals surface area (Å²) in [5.74, 6) is 1.27. The van der Waals surface area contributed by atoms with Crippen LogP contribution in [0, 0.1) is 30.5 Å². The molecule has 2 nitrogen and oxygen atoms in total. The molecule has 96 valence electrons. The van der Waals surface area contributed by atoms with Gasteiger partial charge >= 0.3 is 0 Å². The Bertz CT molecular complexity index is 485. The number of nitrogens with one attached hydrogen (secondary N) is 1. The molecule has 3 heteroatoms. The van der Waals surface area contributed by atoms with Crippen LogP contribution in [-0.2, 0) is 4.79 Å². The Morgan fingerprint density at radius 1 is 1.33 bits per heavy atom. The lowest BCUT2D eigenvalue weighted by atomic mass is 9.88. The van der Waals surface area contributed by atoms with Gasteiger partial charge in [0, 0.05) is 11.6 Å². The largest absolute Gasteiger partial charge is 0.326 e. The number of carbonyl (C=O) groups is 1. The summed E-state index contributed by atoms with van der Waals surface area (Å²) < 4.78 is 13.4. The van der Waals surface area contributed by atoms with E-state index in [0.717, 1.165) is 12.3 Å². The van der Waals surface area contributed by atoms with Crippen molar-refractivity contribution in [1.82, 2.24) is 0 Å². The van der Waals surface area contributed by atoms with Gasteiger partial charge in [-0.05, 0) is 55.7 Å². The number of amides is 1. The topological polar surface area (TPSA) is 29.1 Å². The summed E-state index contributed by atoms with van der Waals surface area (Å²) in [7, 11) is 0. The average molecular weight is 247 g/mol. The van der Waals surface area contributed by atoms with Crippen molar-refractivity contribution < 1.29 is 9.18 Å². The number of aryl methyl sites for hydroxylation is 1. The highest BCUT2D eigenvalue weighted by Gasteiger charge is 2.42. The fourth-order valence-corrected chi connectivity index (χ4v) is 3.47. The summed E-state index contributed by atoms with van der Waals surface area (Å²) in [6.07, 6.45) is 4.70. The van der Waals surface area contributed by atoms with Crippen LogP contribution in [0.4, 0.5) is 10.1 Å². The average Bonchev–Trinajstić information content (AvgIpc) is 2.96. The van der Waals surface area contributed by atoms with E-state index in [1.807, 2.05) is 0 Å². The molecule has 2 fully saturated rings. The third-order valence-electron chi connectivity index (χ3n) is 4.51. The maximum absolute atomic E-state index is 13.4. The SMILES string of the molecule is Cc1ccc(NC(=O)C2C[C@H]3CC[C@@H]2C3)cc1F. The Kier molecular flexibility index (Phi) is 2.84. The van der Waals surface area contributed by atoms with Crippen LogP contribution in [0.2, 0.25) is 0 Å². The van der Waals surface area contributed by atoms with Crippen molar-refractivity contribution >= 4 is 11.6 Å². The molecule has 0 aromatic heterocycles. The van der Waals surface area contributed by atoms with Gasteiger partial charge in [-0.3, -0.25) is 4.79 Å². The summed E-state index contributed by atoms with van der Waals surface area (Å²) in [6.45, 7) is 1.72. The number of benzene rings is 1. The van der Waals surface area contributed by atoms with Gasteiger partial charge in [0.25, 0.3) is 0 Å². The van der Waals surface area contributed by atoms with Gasteiger partial charge in [-0.25, -0.2) is 4.39 Å². The normalized spacial score (nSPS) is 29.6. The quantitative estimate of drug-likeness (QED) is 0.851. The minimum atomic E-state index is -0.263. The lowest BCUT2D eigenvalue weighted by Crippen LogP contribution is -2.27. The molecule has 0 heterocycles. The highest BCUT2D eigenvalue weighted by Crippen LogP contribution is 2.48. The molecule has 18 heavy (non-hydrogen) atoms. The van der Waals surface area contributed by atoms with Crippen molar-refractivity contribution in [1.29, 1.82) is 0 Å². The first-order valence-electron chi connectivity index (χ1n) is 6.70. The highest BCUT2D eigenvalue weighted by molar-refractivity contribution is 5.93. The molecular weight excluding hydrogens is 229 g/mol. The fraction of sp³-hybridized carbons (Fsp3) is 0.533. The van der Waals surface area contributed by atoms with Gasteiger partial charge in [0.2, 0.25) is 5.91 Å². The van der Waals surface area contributed by atoms with E-state index in [4.69, 9.17) is 0 Å². The number of hydrogen-bond donors (Lipinski definition) is 1. The van der Waals surface area contributed by atoms with Crippen molar-refractivity contribution in [2.24, 2.45) is 17.8 Å². The molecule has 1 unspecified atom stereocenters. The number of rotatable bonds is 2. The standard InChI is InChI=1S/C15H18FNO/c1-9-2-5-12(8-14(9)16)17-15(18)13-7-10-3-4-11(13)6-10/h2,5,8,10-11,13H,3-4,6-7H2,1H3,(H,17,18)/t10-,11+,13?/m0/s1. The molecule has 1 N–H and O–H groups in total. The molecule has 3 rings (SSSR count). The maximum Gasteiger partial charge on any atom is 0.227 e. The van der Waals surface area contributed by atoms with Crippen LogP contribution in [-0.4, -0.2) is 5.91 Å². The minimum absolute atomic E-state index is 0.0745. The van der Waals surface area contributed by atoms with Gasteiger partial charge in [-0.15, -0.1) is 0 Å². The molecule has 1 aromatic carbocycles. The van der Waals surface area contributed by atoms with Gasteiger partial charge < -0.3 is 5.32 Å². The van der Waals surface area contributed by atoms with Gasteiger partial charge in [0.05, 0.1) is 0 Å². The summed E-state index contributed by atoms with van der Waals surface area (Å²) in [5, 5.41) is 2.86. The molecule has 2 bridgehead atoms. The molecule has 0 saturated heterocycles. The van der Waals surface area contributed by atoms with Gasteiger partial charge in [0.1, 0.15) is 5.82 Å². The van der Waals surface area contributed by atoms with Crippen LogP contribution >= 0.6 is 0 Å². The fourth-order valence-electron chi connectivity index (χ4n) is 3.47. The zero-order valence-corrected chi connectivity index (χ0v) is 10.6. The van der Waals surface area contributed by atoms with Crippen LogP contribution in [0.1, 0.15) is 31.2 Å². The predicted molar refractivity (Wildman–Crippen MR) is 68.7 cm³/mol.